The van der Waals surface area contributed by atoms with Crippen molar-refractivity contribution in [2.24, 2.45) is 5.92 Å². The number of ether oxygens (including phenoxy) is 2. The molecule has 5 heteroatoms. The second-order valence-corrected chi connectivity index (χ2v) is 4.53. The van der Waals surface area contributed by atoms with E-state index < -0.39 is 6.61 Å². The predicted octanol–water partition coefficient (Wildman–Crippen LogP) is 2.79. The molecule has 1 aliphatic carbocycles. The second kappa shape index (κ2) is 5.52. The molecule has 1 N–H and O–H groups in total. The third kappa shape index (κ3) is 3.10. The highest BCUT2D eigenvalue weighted by molar-refractivity contribution is 5.46. The van der Waals surface area contributed by atoms with Gasteiger partial charge in [-0.3, -0.25) is 0 Å². The summed E-state index contributed by atoms with van der Waals surface area (Å²) < 4.78 is 34.4. The minimum atomic E-state index is -2.85. The van der Waals surface area contributed by atoms with E-state index in [1.165, 1.54) is 7.11 Å². The number of benzene rings is 1. The van der Waals surface area contributed by atoms with Crippen LogP contribution in [0.2, 0.25) is 0 Å². The van der Waals surface area contributed by atoms with E-state index >= 15 is 0 Å². The van der Waals surface area contributed by atoms with Crippen LogP contribution in [0.4, 0.5) is 8.78 Å². The monoisotopic (exact) mass is 257 g/mol. The highest BCUT2D eigenvalue weighted by atomic mass is 19.3. The van der Waals surface area contributed by atoms with Gasteiger partial charge in [0, 0.05) is 18.2 Å². The highest BCUT2D eigenvalue weighted by Gasteiger charge is 2.32. The third-order valence-electron chi connectivity index (χ3n) is 3.15. The van der Waals surface area contributed by atoms with Crippen molar-refractivity contribution in [3.05, 3.63) is 23.8 Å². The second-order valence-electron chi connectivity index (χ2n) is 4.53. The average Bonchev–Trinajstić information content (AvgIpc) is 3.03. The summed E-state index contributed by atoms with van der Waals surface area (Å²) in [5.74, 6) is 1.12. The van der Waals surface area contributed by atoms with Gasteiger partial charge in [0.2, 0.25) is 0 Å². The molecule has 0 amide bonds. The maximum atomic E-state index is 12.4. The SMILES string of the molecule is COc1cccc(CNC2CC2C)c1OC(F)F. The van der Waals surface area contributed by atoms with Crippen molar-refractivity contribution in [3.63, 3.8) is 0 Å². The summed E-state index contributed by atoms with van der Waals surface area (Å²) in [6.07, 6.45) is 1.13. The van der Waals surface area contributed by atoms with Crippen molar-refractivity contribution in [3.8, 4) is 11.5 Å². The van der Waals surface area contributed by atoms with Crippen molar-refractivity contribution in [2.75, 3.05) is 7.11 Å². The standard InChI is InChI=1S/C13H17F2NO2/c1-8-6-10(8)16-7-9-4-3-5-11(17-2)12(9)18-13(14)15/h3-5,8,10,13,16H,6-7H2,1-2H3. The summed E-state index contributed by atoms with van der Waals surface area (Å²) in [7, 11) is 1.44. The van der Waals surface area contributed by atoms with Crippen molar-refractivity contribution >= 4 is 0 Å². The lowest BCUT2D eigenvalue weighted by Crippen LogP contribution is -2.18. The van der Waals surface area contributed by atoms with E-state index in [4.69, 9.17) is 4.74 Å². The Kier molecular flexibility index (Phi) is 4.01. The Morgan fingerprint density at radius 2 is 2.17 bits per heavy atom. The number of para-hydroxylation sites is 1. The van der Waals surface area contributed by atoms with Crippen LogP contribution in [-0.4, -0.2) is 19.8 Å². The molecule has 0 heterocycles. The first-order valence-corrected chi connectivity index (χ1v) is 5.96. The molecule has 2 unspecified atom stereocenters. The van der Waals surface area contributed by atoms with Gasteiger partial charge in [-0.05, 0) is 18.4 Å². The van der Waals surface area contributed by atoms with Crippen LogP contribution in [0.3, 0.4) is 0 Å². The Bertz CT molecular complexity index is 412. The number of hydrogen-bond donors (Lipinski definition) is 1. The first-order chi connectivity index (χ1) is 8.61. The van der Waals surface area contributed by atoms with Gasteiger partial charge in [0.05, 0.1) is 7.11 Å². The first kappa shape index (κ1) is 13.1. The topological polar surface area (TPSA) is 30.5 Å². The van der Waals surface area contributed by atoms with E-state index in [-0.39, 0.29) is 5.75 Å². The zero-order chi connectivity index (χ0) is 13.1. The summed E-state index contributed by atoms with van der Waals surface area (Å²) in [6, 6.07) is 5.63. The smallest absolute Gasteiger partial charge is 0.387 e. The van der Waals surface area contributed by atoms with E-state index in [0.29, 0.717) is 29.8 Å². The minimum Gasteiger partial charge on any atom is -0.493 e. The molecule has 3 nitrogen and oxygen atoms in total. The summed E-state index contributed by atoms with van der Waals surface area (Å²) in [5, 5.41) is 3.31. The fourth-order valence-corrected chi connectivity index (χ4v) is 1.93. The van der Waals surface area contributed by atoms with E-state index in [1.807, 2.05) is 0 Å². The molecule has 0 spiro atoms. The van der Waals surface area contributed by atoms with Crippen LogP contribution < -0.4 is 14.8 Å². The Morgan fingerprint density at radius 1 is 1.44 bits per heavy atom. The molecule has 2 atom stereocenters. The fourth-order valence-electron chi connectivity index (χ4n) is 1.93. The highest BCUT2D eigenvalue weighted by Crippen LogP contribution is 2.34. The molecule has 18 heavy (non-hydrogen) atoms. The van der Waals surface area contributed by atoms with Crippen LogP contribution in [0, 0.1) is 5.92 Å². The largest absolute Gasteiger partial charge is 0.493 e. The molecule has 1 aliphatic rings. The lowest BCUT2D eigenvalue weighted by molar-refractivity contribution is -0.0518. The van der Waals surface area contributed by atoms with Gasteiger partial charge in [-0.25, -0.2) is 0 Å². The lowest BCUT2D eigenvalue weighted by atomic mass is 10.2. The third-order valence-corrected chi connectivity index (χ3v) is 3.15. The first-order valence-electron chi connectivity index (χ1n) is 5.96. The number of alkyl halides is 2. The zero-order valence-corrected chi connectivity index (χ0v) is 10.5. The number of hydrogen-bond acceptors (Lipinski definition) is 3. The molecule has 0 bridgehead atoms. The molecular weight excluding hydrogens is 240 g/mol. The van der Waals surface area contributed by atoms with Gasteiger partial charge in [0.25, 0.3) is 0 Å². The Balaban J connectivity index is 2.10. The van der Waals surface area contributed by atoms with Crippen LogP contribution in [0.1, 0.15) is 18.9 Å². The number of rotatable bonds is 6. The van der Waals surface area contributed by atoms with E-state index in [2.05, 4.69) is 17.0 Å². The van der Waals surface area contributed by atoms with Crippen LogP contribution in [0.25, 0.3) is 0 Å². The summed E-state index contributed by atoms with van der Waals surface area (Å²) in [5.41, 5.74) is 0.689. The van der Waals surface area contributed by atoms with Gasteiger partial charge in [-0.1, -0.05) is 19.1 Å². The molecule has 0 aliphatic heterocycles. The minimum absolute atomic E-state index is 0.121. The number of nitrogens with one attached hydrogen (secondary N) is 1. The summed E-state index contributed by atoms with van der Waals surface area (Å²) in [4.78, 5) is 0. The van der Waals surface area contributed by atoms with Crippen molar-refractivity contribution in [1.82, 2.24) is 5.32 Å². The van der Waals surface area contributed by atoms with Gasteiger partial charge in [-0.15, -0.1) is 0 Å². The molecule has 1 aromatic carbocycles. The van der Waals surface area contributed by atoms with Gasteiger partial charge in [-0.2, -0.15) is 8.78 Å². The van der Waals surface area contributed by atoms with Crippen molar-refractivity contribution in [1.29, 1.82) is 0 Å². The van der Waals surface area contributed by atoms with E-state index in [9.17, 15) is 8.78 Å². The maximum Gasteiger partial charge on any atom is 0.387 e. The number of halogens is 2. The van der Waals surface area contributed by atoms with Gasteiger partial charge < -0.3 is 14.8 Å². The van der Waals surface area contributed by atoms with Crippen molar-refractivity contribution < 1.29 is 18.3 Å². The summed E-state index contributed by atoms with van der Waals surface area (Å²) >= 11 is 0. The van der Waals surface area contributed by atoms with Gasteiger partial charge >= 0.3 is 6.61 Å². The molecule has 0 saturated heterocycles. The predicted molar refractivity (Wildman–Crippen MR) is 64.0 cm³/mol. The molecule has 1 fully saturated rings. The Labute approximate surface area is 105 Å². The van der Waals surface area contributed by atoms with Crippen LogP contribution in [-0.2, 0) is 6.54 Å². The number of methoxy groups -OCH3 is 1. The molecule has 100 valence electrons. The average molecular weight is 257 g/mol. The van der Waals surface area contributed by atoms with E-state index in [1.54, 1.807) is 18.2 Å². The maximum absolute atomic E-state index is 12.4. The molecule has 1 saturated carbocycles. The molecule has 0 aromatic heterocycles. The molecule has 0 radical (unpaired) electrons. The lowest BCUT2D eigenvalue weighted by Gasteiger charge is -2.14. The Hall–Kier alpha value is -1.36. The normalized spacial score (nSPS) is 22.1. The van der Waals surface area contributed by atoms with Crippen LogP contribution in [0.15, 0.2) is 18.2 Å². The fraction of sp³-hybridized carbons (Fsp3) is 0.538. The molecule has 2 rings (SSSR count). The van der Waals surface area contributed by atoms with E-state index in [0.717, 1.165) is 6.42 Å². The zero-order valence-electron chi connectivity index (χ0n) is 10.5. The molecular formula is C13H17F2NO2. The van der Waals surface area contributed by atoms with Crippen LogP contribution >= 0.6 is 0 Å². The van der Waals surface area contributed by atoms with Crippen molar-refractivity contribution in [2.45, 2.75) is 32.5 Å². The van der Waals surface area contributed by atoms with Gasteiger partial charge in [0.15, 0.2) is 11.5 Å². The van der Waals surface area contributed by atoms with Crippen LogP contribution in [0.5, 0.6) is 11.5 Å². The van der Waals surface area contributed by atoms with Gasteiger partial charge in [0.1, 0.15) is 0 Å². The quantitative estimate of drug-likeness (QED) is 0.850. The summed E-state index contributed by atoms with van der Waals surface area (Å²) in [6.45, 7) is -0.187. The Morgan fingerprint density at radius 3 is 2.72 bits per heavy atom. The molecule has 1 aromatic rings.